The van der Waals surface area contributed by atoms with E-state index in [-0.39, 0.29) is 12.2 Å². The molecule has 0 unspecified atom stereocenters. The third-order valence-electron chi connectivity index (χ3n) is 4.44. The first-order valence-corrected chi connectivity index (χ1v) is 8.69. The number of rotatable bonds is 4. The monoisotopic (exact) mass is 368 g/mol. The summed E-state index contributed by atoms with van der Waals surface area (Å²) in [5, 5.41) is 3.07. The molecule has 1 N–H and O–H groups in total. The Morgan fingerprint density at radius 2 is 1.75 bits per heavy atom. The van der Waals surface area contributed by atoms with Crippen LogP contribution >= 0.6 is 0 Å². The van der Waals surface area contributed by atoms with Gasteiger partial charge in [-0.2, -0.15) is 0 Å². The van der Waals surface area contributed by atoms with E-state index < -0.39 is 11.8 Å². The lowest BCUT2D eigenvalue weighted by molar-refractivity contribution is -0.117. The number of fused-ring (bicyclic) bond motifs is 1. The molecule has 1 aliphatic heterocycles. The van der Waals surface area contributed by atoms with Crippen molar-refractivity contribution in [2.45, 2.75) is 0 Å². The minimum atomic E-state index is -0.468. The third-order valence-corrected chi connectivity index (χ3v) is 4.44. The lowest BCUT2D eigenvalue weighted by Gasteiger charge is -2.14. The fourth-order valence-corrected chi connectivity index (χ4v) is 3.13. The van der Waals surface area contributed by atoms with E-state index in [1.807, 2.05) is 36.4 Å². The van der Waals surface area contributed by atoms with Crippen molar-refractivity contribution in [3.63, 3.8) is 0 Å². The zero-order chi connectivity index (χ0) is 19.5. The Morgan fingerprint density at radius 3 is 2.54 bits per heavy atom. The summed E-state index contributed by atoms with van der Waals surface area (Å²) in [5.74, 6) is 2.06. The van der Waals surface area contributed by atoms with E-state index in [0.29, 0.717) is 17.0 Å². The molecule has 5 nitrogen and oxygen atoms in total. The number of anilines is 1. The molecule has 5 heteroatoms. The van der Waals surface area contributed by atoms with Crippen LogP contribution in [-0.4, -0.2) is 18.4 Å². The number of hydrogen-bond donors (Lipinski definition) is 1. The molecule has 3 aromatic rings. The number of nitrogens with one attached hydrogen (secondary N) is 1. The summed E-state index contributed by atoms with van der Waals surface area (Å²) in [6.07, 6.45) is 6.88. The standard InChI is InChI=1S/C23H16N2O3/c1-2-14-28-21-13-12-16-8-6-7-11-18(16)19(21)15-20-22(26)24-25(23(20)27)17-9-4-3-5-10-17/h1,3-13,15H,14H2,(H,24,26)/b20-15-. The van der Waals surface area contributed by atoms with Gasteiger partial charge in [0.2, 0.25) is 0 Å². The number of amides is 2. The molecule has 2 amide bonds. The van der Waals surface area contributed by atoms with Gasteiger partial charge in [0.25, 0.3) is 11.8 Å². The predicted octanol–water partition coefficient (Wildman–Crippen LogP) is 3.31. The molecule has 4 rings (SSSR count). The Bertz CT molecular complexity index is 1140. The molecule has 1 saturated heterocycles. The summed E-state index contributed by atoms with van der Waals surface area (Å²) in [5.41, 5.74) is 3.87. The van der Waals surface area contributed by atoms with Crippen molar-refractivity contribution < 1.29 is 14.3 Å². The molecule has 0 aromatic heterocycles. The Balaban J connectivity index is 1.82. The van der Waals surface area contributed by atoms with Crippen molar-refractivity contribution in [1.82, 2.24) is 5.43 Å². The molecule has 0 radical (unpaired) electrons. The largest absolute Gasteiger partial charge is 0.480 e. The Morgan fingerprint density at radius 1 is 1.00 bits per heavy atom. The normalized spacial score (nSPS) is 15.0. The molecule has 0 spiro atoms. The van der Waals surface area contributed by atoms with Crippen molar-refractivity contribution in [2.24, 2.45) is 0 Å². The van der Waals surface area contributed by atoms with Crippen molar-refractivity contribution in [3.8, 4) is 18.1 Å². The summed E-state index contributed by atoms with van der Waals surface area (Å²) in [4.78, 5) is 25.4. The van der Waals surface area contributed by atoms with Gasteiger partial charge in [0, 0.05) is 5.56 Å². The van der Waals surface area contributed by atoms with Gasteiger partial charge in [0.05, 0.1) is 5.69 Å². The smallest absolute Gasteiger partial charge is 0.282 e. The highest BCUT2D eigenvalue weighted by Crippen LogP contribution is 2.31. The van der Waals surface area contributed by atoms with E-state index >= 15 is 0 Å². The van der Waals surface area contributed by atoms with E-state index in [1.165, 1.54) is 5.01 Å². The van der Waals surface area contributed by atoms with Crippen molar-refractivity contribution in [2.75, 3.05) is 11.6 Å². The van der Waals surface area contributed by atoms with Gasteiger partial charge >= 0.3 is 0 Å². The summed E-state index contributed by atoms with van der Waals surface area (Å²) < 4.78 is 5.65. The van der Waals surface area contributed by atoms with Crippen LogP contribution < -0.4 is 15.2 Å². The van der Waals surface area contributed by atoms with E-state index in [0.717, 1.165) is 10.8 Å². The Kier molecular flexibility index (Phi) is 4.53. The molecule has 0 bridgehead atoms. The van der Waals surface area contributed by atoms with Crippen LogP contribution in [0.1, 0.15) is 5.56 Å². The van der Waals surface area contributed by atoms with Gasteiger partial charge in [-0.25, -0.2) is 5.01 Å². The van der Waals surface area contributed by atoms with Crippen molar-refractivity contribution in [1.29, 1.82) is 0 Å². The first-order chi connectivity index (χ1) is 13.7. The van der Waals surface area contributed by atoms with E-state index in [4.69, 9.17) is 11.2 Å². The molecule has 136 valence electrons. The second-order valence-corrected chi connectivity index (χ2v) is 6.17. The molecule has 1 aliphatic rings. The summed E-state index contributed by atoms with van der Waals surface area (Å²) in [7, 11) is 0. The molecule has 1 fully saturated rings. The fraction of sp³-hybridized carbons (Fsp3) is 0.0435. The van der Waals surface area contributed by atoms with E-state index in [9.17, 15) is 9.59 Å². The molecule has 0 atom stereocenters. The van der Waals surface area contributed by atoms with Gasteiger partial charge < -0.3 is 4.74 Å². The maximum Gasteiger partial charge on any atom is 0.282 e. The Labute approximate surface area is 162 Å². The SMILES string of the molecule is C#CCOc1ccc2ccccc2c1/C=C1/C(=O)NN(c2ccccc2)C1=O. The lowest BCUT2D eigenvalue weighted by Crippen LogP contribution is -2.35. The molecule has 3 aromatic carbocycles. The minimum absolute atomic E-state index is 0.0331. The first-order valence-electron chi connectivity index (χ1n) is 8.69. The number of benzene rings is 3. The first kappa shape index (κ1) is 17.4. The maximum atomic E-state index is 12.9. The minimum Gasteiger partial charge on any atom is -0.480 e. The van der Waals surface area contributed by atoms with Crippen LogP contribution in [-0.2, 0) is 9.59 Å². The van der Waals surface area contributed by atoms with Gasteiger partial charge in [0.15, 0.2) is 0 Å². The third kappa shape index (κ3) is 3.08. The second-order valence-electron chi connectivity index (χ2n) is 6.17. The zero-order valence-corrected chi connectivity index (χ0v) is 14.9. The summed E-state index contributed by atoms with van der Waals surface area (Å²) >= 11 is 0. The topological polar surface area (TPSA) is 58.6 Å². The highest BCUT2D eigenvalue weighted by Gasteiger charge is 2.34. The van der Waals surface area contributed by atoms with E-state index in [1.54, 1.807) is 36.4 Å². The van der Waals surface area contributed by atoms with Crippen LogP contribution in [0.4, 0.5) is 5.69 Å². The molecular formula is C23H16N2O3. The number of ether oxygens (including phenoxy) is 1. The number of terminal acetylenes is 1. The molecule has 0 saturated carbocycles. The number of hydrogen-bond acceptors (Lipinski definition) is 3. The van der Waals surface area contributed by atoms with Gasteiger partial charge in [-0.15, -0.1) is 6.42 Å². The lowest BCUT2D eigenvalue weighted by atomic mass is 10.0. The van der Waals surface area contributed by atoms with Crippen LogP contribution in [0.25, 0.3) is 16.8 Å². The van der Waals surface area contributed by atoms with Crippen LogP contribution in [0.15, 0.2) is 72.3 Å². The average Bonchev–Trinajstić information content (AvgIpc) is 3.02. The highest BCUT2D eigenvalue weighted by atomic mass is 16.5. The quantitative estimate of drug-likeness (QED) is 0.437. The average molecular weight is 368 g/mol. The van der Waals surface area contributed by atoms with E-state index in [2.05, 4.69) is 11.3 Å². The molecule has 28 heavy (non-hydrogen) atoms. The number of carbonyl (C=O) groups excluding carboxylic acids is 2. The summed E-state index contributed by atoms with van der Waals surface area (Å²) in [6.45, 7) is 0.0881. The molecular weight excluding hydrogens is 352 g/mol. The number of nitrogens with zero attached hydrogens (tertiary/aromatic N) is 1. The van der Waals surface area contributed by atoms with Crippen LogP contribution in [0.2, 0.25) is 0 Å². The second kappa shape index (κ2) is 7.29. The van der Waals surface area contributed by atoms with Crippen molar-refractivity contribution in [3.05, 3.63) is 77.9 Å². The van der Waals surface area contributed by atoms with Crippen LogP contribution in [0, 0.1) is 12.3 Å². The number of para-hydroxylation sites is 1. The fourth-order valence-electron chi connectivity index (χ4n) is 3.13. The van der Waals surface area contributed by atoms with Gasteiger partial charge in [0.1, 0.15) is 17.9 Å². The van der Waals surface area contributed by atoms with Gasteiger partial charge in [-0.1, -0.05) is 54.5 Å². The molecule has 0 aliphatic carbocycles. The zero-order valence-electron chi connectivity index (χ0n) is 14.9. The number of carbonyl (C=O) groups is 2. The highest BCUT2D eigenvalue weighted by molar-refractivity contribution is 6.32. The summed E-state index contributed by atoms with van der Waals surface area (Å²) in [6, 6.07) is 20.3. The van der Waals surface area contributed by atoms with Gasteiger partial charge in [-0.3, -0.25) is 15.0 Å². The maximum absolute atomic E-state index is 12.9. The van der Waals surface area contributed by atoms with Crippen molar-refractivity contribution >= 4 is 34.4 Å². The van der Waals surface area contributed by atoms with Crippen LogP contribution in [0.5, 0.6) is 5.75 Å². The number of hydrazine groups is 1. The van der Waals surface area contributed by atoms with Crippen LogP contribution in [0.3, 0.4) is 0 Å². The van der Waals surface area contributed by atoms with Gasteiger partial charge in [-0.05, 0) is 35.0 Å². The Hall–Kier alpha value is -4.04. The molecule has 1 heterocycles. The predicted molar refractivity (Wildman–Crippen MR) is 108 cm³/mol.